The SMILES string of the molecule is C.C.COc1cnc(OC2CCC(Oc3cc(N4CC5CC(C4)O5)cc4ncc(=O)n(C)c34)CC2)nc1. The van der Waals surface area contributed by atoms with Gasteiger partial charge in [-0.1, -0.05) is 14.9 Å². The maximum absolute atomic E-state index is 12.4. The van der Waals surface area contributed by atoms with Gasteiger partial charge in [-0.05, 0) is 31.7 Å². The molecule has 7 rings (SSSR count). The Labute approximate surface area is 217 Å². The molecule has 1 aliphatic carbocycles. The number of morpholine rings is 1. The molecule has 37 heavy (non-hydrogen) atoms. The fraction of sp³-hybridized carbons (Fsp3) is 0.556. The lowest BCUT2D eigenvalue weighted by molar-refractivity contribution is -0.133. The highest BCUT2D eigenvalue weighted by atomic mass is 16.5. The number of hydrogen-bond donors (Lipinski definition) is 0. The first-order chi connectivity index (χ1) is 17.1. The van der Waals surface area contributed by atoms with E-state index in [2.05, 4.69) is 25.9 Å². The number of benzene rings is 1. The molecule has 3 aromatic rings. The van der Waals surface area contributed by atoms with Crippen LogP contribution in [0.5, 0.6) is 17.5 Å². The normalized spacial score (nSPS) is 24.3. The largest absolute Gasteiger partial charge is 0.494 e. The first-order valence-electron chi connectivity index (χ1n) is 12.2. The van der Waals surface area contributed by atoms with Crippen molar-refractivity contribution in [2.45, 2.75) is 71.4 Å². The van der Waals surface area contributed by atoms with Gasteiger partial charge in [0.25, 0.3) is 5.56 Å². The Morgan fingerprint density at radius 1 is 0.919 bits per heavy atom. The molecule has 0 spiro atoms. The fourth-order valence-electron chi connectivity index (χ4n) is 5.24. The van der Waals surface area contributed by atoms with Crippen molar-refractivity contribution in [2.24, 2.45) is 7.05 Å². The number of hydrogen-bond acceptors (Lipinski definition) is 9. The average Bonchev–Trinajstić information content (AvgIpc) is 2.87. The maximum Gasteiger partial charge on any atom is 0.316 e. The van der Waals surface area contributed by atoms with Crippen molar-refractivity contribution in [3.63, 3.8) is 0 Å². The molecule has 10 nitrogen and oxygen atoms in total. The number of aryl methyl sites for hydroxylation is 1. The van der Waals surface area contributed by atoms with Crippen LogP contribution in [0.15, 0.2) is 35.5 Å². The average molecular weight is 512 g/mol. The molecule has 200 valence electrons. The third kappa shape index (κ3) is 5.34. The molecule has 2 unspecified atom stereocenters. The Morgan fingerprint density at radius 3 is 2.16 bits per heavy atom. The van der Waals surface area contributed by atoms with E-state index in [-0.39, 0.29) is 32.6 Å². The Hall–Kier alpha value is -3.40. The molecule has 1 saturated carbocycles. The maximum atomic E-state index is 12.4. The zero-order valence-corrected chi connectivity index (χ0v) is 19.9. The molecule has 4 aliphatic rings. The molecule has 0 amide bonds. The zero-order chi connectivity index (χ0) is 23.9. The quantitative estimate of drug-likeness (QED) is 0.490. The van der Waals surface area contributed by atoms with E-state index in [1.165, 1.54) is 6.20 Å². The predicted molar refractivity (Wildman–Crippen MR) is 142 cm³/mol. The van der Waals surface area contributed by atoms with Gasteiger partial charge >= 0.3 is 6.01 Å². The van der Waals surface area contributed by atoms with Gasteiger partial charge in [-0.2, -0.15) is 9.97 Å². The minimum absolute atomic E-state index is 0. The van der Waals surface area contributed by atoms with E-state index in [4.69, 9.17) is 18.9 Å². The lowest BCUT2D eigenvalue weighted by Gasteiger charge is -2.48. The van der Waals surface area contributed by atoms with Crippen LogP contribution >= 0.6 is 0 Å². The van der Waals surface area contributed by atoms with Crippen molar-refractivity contribution in [1.29, 1.82) is 0 Å². The van der Waals surface area contributed by atoms with E-state index < -0.39 is 0 Å². The number of rotatable bonds is 6. The van der Waals surface area contributed by atoms with Crippen molar-refractivity contribution in [1.82, 2.24) is 19.5 Å². The molecule has 2 atom stereocenters. The molecule has 0 N–H and O–H groups in total. The third-order valence-corrected chi connectivity index (χ3v) is 7.17. The van der Waals surface area contributed by atoms with Crippen molar-refractivity contribution < 1.29 is 18.9 Å². The number of fused-ring (bicyclic) bond motifs is 3. The number of nitrogens with zero attached hydrogens (tertiary/aromatic N) is 5. The molecule has 5 heterocycles. The van der Waals surface area contributed by atoms with Gasteiger partial charge in [-0.15, -0.1) is 0 Å². The highest BCUT2D eigenvalue weighted by molar-refractivity contribution is 5.86. The summed E-state index contributed by atoms with van der Waals surface area (Å²) in [7, 11) is 3.35. The smallest absolute Gasteiger partial charge is 0.316 e. The van der Waals surface area contributed by atoms with Crippen LogP contribution in [0.2, 0.25) is 0 Å². The van der Waals surface area contributed by atoms with Gasteiger partial charge in [0.2, 0.25) is 0 Å². The lowest BCUT2D eigenvalue weighted by atomic mass is 9.95. The van der Waals surface area contributed by atoms with E-state index >= 15 is 0 Å². The molecule has 0 radical (unpaired) electrons. The molecule has 3 saturated heterocycles. The number of piperidine rings is 1. The Morgan fingerprint density at radius 2 is 1.54 bits per heavy atom. The van der Waals surface area contributed by atoms with E-state index in [9.17, 15) is 4.79 Å². The van der Waals surface area contributed by atoms with Crippen LogP contribution < -0.4 is 24.7 Å². The highest BCUT2D eigenvalue weighted by Crippen LogP contribution is 2.37. The van der Waals surface area contributed by atoms with E-state index in [1.54, 1.807) is 31.1 Å². The molecular weight excluding hydrogens is 474 g/mol. The monoisotopic (exact) mass is 511 g/mol. The number of anilines is 1. The molecular formula is C27H37N5O5. The Kier molecular flexibility index (Phi) is 7.87. The third-order valence-electron chi connectivity index (χ3n) is 7.17. The van der Waals surface area contributed by atoms with Gasteiger partial charge in [0, 0.05) is 38.3 Å². The van der Waals surface area contributed by atoms with Crippen molar-refractivity contribution >= 4 is 16.7 Å². The minimum Gasteiger partial charge on any atom is -0.494 e. The van der Waals surface area contributed by atoms with Crippen molar-refractivity contribution in [3.8, 4) is 17.5 Å². The van der Waals surface area contributed by atoms with Crippen LogP contribution in [0.3, 0.4) is 0 Å². The summed E-state index contributed by atoms with van der Waals surface area (Å²) in [6.45, 7) is 1.73. The van der Waals surface area contributed by atoms with Gasteiger partial charge < -0.3 is 28.4 Å². The first-order valence-corrected chi connectivity index (χ1v) is 12.2. The highest BCUT2D eigenvalue weighted by Gasteiger charge is 2.38. The summed E-state index contributed by atoms with van der Waals surface area (Å²) < 4.78 is 25.0. The lowest BCUT2D eigenvalue weighted by Crippen LogP contribution is -2.57. The van der Waals surface area contributed by atoms with Crippen molar-refractivity contribution in [3.05, 3.63) is 41.1 Å². The molecule has 2 aromatic heterocycles. The second-order valence-electron chi connectivity index (χ2n) is 9.53. The zero-order valence-electron chi connectivity index (χ0n) is 19.9. The summed E-state index contributed by atoms with van der Waals surface area (Å²) in [6, 6.07) is 4.46. The molecule has 3 aliphatic heterocycles. The Balaban J connectivity index is 0.00000160. The van der Waals surface area contributed by atoms with Gasteiger partial charge in [0.05, 0.1) is 49.5 Å². The summed E-state index contributed by atoms with van der Waals surface area (Å²) in [4.78, 5) is 27.5. The van der Waals surface area contributed by atoms with Gasteiger partial charge in [-0.3, -0.25) is 4.79 Å². The van der Waals surface area contributed by atoms with E-state index in [0.29, 0.717) is 29.7 Å². The fourth-order valence-corrected chi connectivity index (χ4v) is 5.24. The van der Waals surface area contributed by atoms with Crippen molar-refractivity contribution in [2.75, 3.05) is 25.1 Å². The summed E-state index contributed by atoms with van der Waals surface area (Å²) in [5, 5.41) is 0. The van der Waals surface area contributed by atoms with Crippen LogP contribution in [0, 0.1) is 0 Å². The predicted octanol–water partition coefficient (Wildman–Crippen LogP) is 3.75. The summed E-state index contributed by atoms with van der Waals surface area (Å²) in [5.41, 5.74) is 2.39. The standard InChI is InChI=1S/C25H29N5O5.2CH4/c1-29-23(31)12-26-21-7-15(30-13-18-9-19(14-30)33-18)8-22(24(21)29)34-16-3-5-17(6-4-16)35-25-27-10-20(32-2)11-28-25;;/h7-8,10-12,16-19H,3-6,9,13-14H2,1-2H3;2*1H4. The summed E-state index contributed by atoms with van der Waals surface area (Å²) in [6.07, 6.45) is 9.71. The molecule has 4 fully saturated rings. The van der Waals surface area contributed by atoms with Gasteiger partial charge in [-0.25, -0.2) is 4.98 Å². The second kappa shape index (κ2) is 10.9. The molecule has 1 aromatic carbocycles. The van der Waals surface area contributed by atoms with Gasteiger partial charge in [0.15, 0.2) is 5.75 Å². The van der Waals surface area contributed by atoms with Crippen LogP contribution in [0.4, 0.5) is 5.69 Å². The summed E-state index contributed by atoms with van der Waals surface area (Å²) in [5.74, 6) is 1.30. The van der Waals surface area contributed by atoms with Crippen LogP contribution in [-0.2, 0) is 11.8 Å². The Bertz CT molecular complexity index is 1260. The number of aromatic nitrogens is 4. The topological polar surface area (TPSA) is 101 Å². The number of methoxy groups -OCH3 is 1. The van der Waals surface area contributed by atoms with E-state index in [0.717, 1.165) is 61.9 Å². The molecule has 2 bridgehead atoms. The summed E-state index contributed by atoms with van der Waals surface area (Å²) >= 11 is 0. The first kappa shape index (κ1) is 26.7. The second-order valence-corrected chi connectivity index (χ2v) is 9.53. The van der Waals surface area contributed by atoms with Crippen LogP contribution in [-0.4, -0.2) is 64.1 Å². The number of ether oxygens (including phenoxy) is 4. The minimum atomic E-state index is -0.153. The van der Waals surface area contributed by atoms with E-state index in [1.807, 2.05) is 6.07 Å². The van der Waals surface area contributed by atoms with Crippen LogP contribution in [0.25, 0.3) is 11.0 Å². The van der Waals surface area contributed by atoms with Gasteiger partial charge in [0.1, 0.15) is 17.4 Å². The molecule has 10 heteroatoms. The van der Waals surface area contributed by atoms with Crippen LogP contribution in [0.1, 0.15) is 47.0 Å².